The molecule has 0 aliphatic heterocycles. The molecular formula is C7H2ClF4. The highest BCUT2D eigenvalue weighted by Crippen LogP contribution is 2.35. The third-order valence-electron chi connectivity index (χ3n) is 1.19. The second-order valence-electron chi connectivity index (χ2n) is 2.03. The molecule has 1 radical (unpaired) electrons. The lowest BCUT2D eigenvalue weighted by atomic mass is 10.2. The molecule has 1 aromatic carbocycles. The van der Waals surface area contributed by atoms with Crippen molar-refractivity contribution in [1.29, 1.82) is 0 Å². The SMILES string of the molecule is Fc1c[c]cc(C(F)(F)F)c1Cl. The molecule has 0 aromatic heterocycles. The van der Waals surface area contributed by atoms with E-state index in [4.69, 9.17) is 11.6 Å². The summed E-state index contributed by atoms with van der Waals surface area (Å²) in [5.41, 5.74) is -1.20. The number of hydrogen-bond donors (Lipinski definition) is 0. The van der Waals surface area contributed by atoms with Crippen LogP contribution in [0, 0.1) is 11.9 Å². The van der Waals surface area contributed by atoms with Gasteiger partial charge in [0.2, 0.25) is 0 Å². The van der Waals surface area contributed by atoms with Gasteiger partial charge >= 0.3 is 6.18 Å². The summed E-state index contributed by atoms with van der Waals surface area (Å²) in [4.78, 5) is 0. The van der Waals surface area contributed by atoms with Gasteiger partial charge in [0.25, 0.3) is 0 Å². The Bertz CT molecular complexity index is 292. The Kier molecular flexibility index (Phi) is 2.28. The van der Waals surface area contributed by atoms with Crippen LogP contribution in [0.1, 0.15) is 5.56 Å². The van der Waals surface area contributed by atoms with E-state index in [1.165, 1.54) is 0 Å². The van der Waals surface area contributed by atoms with E-state index in [1.807, 2.05) is 6.07 Å². The van der Waals surface area contributed by atoms with Crippen molar-refractivity contribution in [2.24, 2.45) is 0 Å². The molecule has 0 aliphatic carbocycles. The highest BCUT2D eigenvalue weighted by molar-refractivity contribution is 6.31. The van der Waals surface area contributed by atoms with Gasteiger partial charge in [-0.3, -0.25) is 0 Å². The zero-order chi connectivity index (χ0) is 9.35. The van der Waals surface area contributed by atoms with Crippen molar-refractivity contribution in [3.05, 3.63) is 34.6 Å². The first-order valence-corrected chi connectivity index (χ1v) is 3.23. The van der Waals surface area contributed by atoms with Gasteiger partial charge in [0.1, 0.15) is 5.82 Å². The van der Waals surface area contributed by atoms with Crippen LogP contribution in [0.3, 0.4) is 0 Å². The molecule has 0 heterocycles. The Hall–Kier alpha value is -0.770. The van der Waals surface area contributed by atoms with E-state index in [2.05, 4.69) is 0 Å². The van der Waals surface area contributed by atoms with Crippen LogP contribution in [0.15, 0.2) is 12.1 Å². The van der Waals surface area contributed by atoms with E-state index in [1.54, 1.807) is 0 Å². The molecule has 1 aromatic rings. The normalized spacial score (nSPS) is 11.8. The zero-order valence-corrected chi connectivity index (χ0v) is 6.30. The molecule has 0 bridgehead atoms. The minimum atomic E-state index is -4.63. The molecule has 0 fully saturated rings. The summed E-state index contributed by atoms with van der Waals surface area (Å²) in [5, 5.41) is -0.916. The molecule has 5 heteroatoms. The van der Waals surface area contributed by atoms with Gasteiger partial charge in [-0.05, 0) is 18.2 Å². The van der Waals surface area contributed by atoms with Gasteiger partial charge in [-0.25, -0.2) is 4.39 Å². The maximum atomic E-state index is 12.4. The second kappa shape index (κ2) is 2.94. The van der Waals surface area contributed by atoms with Crippen molar-refractivity contribution >= 4 is 11.6 Å². The van der Waals surface area contributed by atoms with Crippen molar-refractivity contribution in [3.63, 3.8) is 0 Å². The monoisotopic (exact) mass is 197 g/mol. The first kappa shape index (κ1) is 9.32. The zero-order valence-electron chi connectivity index (χ0n) is 5.54. The fourth-order valence-electron chi connectivity index (χ4n) is 0.660. The maximum absolute atomic E-state index is 12.4. The van der Waals surface area contributed by atoms with Crippen LogP contribution >= 0.6 is 11.6 Å². The van der Waals surface area contributed by atoms with Crippen molar-refractivity contribution in [1.82, 2.24) is 0 Å². The molecule has 0 N–H and O–H groups in total. The van der Waals surface area contributed by atoms with Gasteiger partial charge in [0, 0.05) is 0 Å². The summed E-state index contributed by atoms with van der Waals surface area (Å²) in [5.74, 6) is -1.12. The van der Waals surface area contributed by atoms with Crippen molar-refractivity contribution in [3.8, 4) is 0 Å². The van der Waals surface area contributed by atoms with Crippen LogP contribution < -0.4 is 0 Å². The van der Waals surface area contributed by atoms with Crippen molar-refractivity contribution in [2.45, 2.75) is 6.18 Å². The summed E-state index contributed by atoms with van der Waals surface area (Å²) in [6, 6.07) is 3.35. The molecule has 12 heavy (non-hydrogen) atoms. The summed E-state index contributed by atoms with van der Waals surface area (Å²) in [6.07, 6.45) is -4.63. The van der Waals surface area contributed by atoms with Gasteiger partial charge in [-0.15, -0.1) is 0 Å². The lowest BCUT2D eigenvalue weighted by Gasteiger charge is -2.07. The van der Waals surface area contributed by atoms with E-state index < -0.39 is 22.6 Å². The van der Waals surface area contributed by atoms with Crippen LogP contribution in [-0.2, 0) is 6.18 Å². The minimum absolute atomic E-state index is 0.603. The molecule has 1 rings (SSSR count). The molecule has 0 spiro atoms. The summed E-state index contributed by atoms with van der Waals surface area (Å²) in [7, 11) is 0. The minimum Gasteiger partial charge on any atom is -0.205 e. The van der Waals surface area contributed by atoms with E-state index in [0.29, 0.717) is 6.07 Å². The largest absolute Gasteiger partial charge is 0.417 e. The van der Waals surface area contributed by atoms with E-state index in [9.17, 15) is 17.6 Å². The predicted molar refractivity (Wildman–Crippen MR) is 35.2 cm³/mol. The lowest BCUT2D eigenvalue weighted by molar-refractivity contribution is -0.137. The van der Waals surface area contributed by atoms with E-state index in [-0.39, 0.29) is 0 Å². The van der Waals surface area contributed by atoms with Crippen LogP contribution in [0.25, 0.3) is 0 Å². The Balaban J connectivity index is 3.26. The van der Waals surface area contributed by atoms with E-state index in [0.717, 1.165) is 6.07 Å². The molecule has 0 saturated carbocycles. The van der Waals surface area contributed by atoms with Crippen molar-refractivity contribution < 1.29 is 17.6 Å². The molecule has 0 saturated heterocycles. The van der Waals surface area contributed by atoms with Gasteiger partial charge in [0.15, 0.2) is 0 Å². The number of halogens is 5. The average molecular weight is 198 g/mol. The Morgan fingerprint density at radius 1 is 1.25 bits per heavy atom. The van der Waals surface area contributed by atoms with Crippen LogP contribution in [0.5, 0.6) is 0 Å². The fourth-order valence-corrected chi connectivity index (χ4v) is 0.876. The predicted octanol–water partition coefficient (Wildman–Crippen LogP) is 3.30. The summed E-state index contributed by atoms with van der Waals surface area (Å²) in [6.45, 7) is 0. The highest BCUT2D eigenvalue weighted by atomic mass is 35.5. The number of hydrogen-bond acceptors (Lipinski definition) is 0. The third kappa shape index (κ3) is 1.69. The third-order valence-corrected chi connectivity index (χ3v) is 1.57. The fraction of sp³-hybridized carbons (Fsp3) is 0.143. The average Bonchev–Trinajstić information content (AvgIpc) is 1.92. The van der Waals surface area contributed by atoms with E-state index >= 15 is 0 Å². The lowest BCUT2D eigenvalue weighted by Crippen LogP contribution is -2.06. The first-order chi connectivity index (χ1) is 5.43. The standard InChI is InChI=1S/C7H2ClF4/c8-6-4(7(10,11)12)2-1-3-5(6)9/h2-3H. The summed E-state index contributed by atoms with van der Waals surface area (Å²) >= 11 is 5.06. The highest BCUT2D eigenvalue weighted by Gasteiger charge is 2.33. The molecular weight excluding hydrogens is 196 g/mol. The van der Waals surface area contributed by atoms with Gasteiger partial charge in [0.05, 0.1) is 10.6 Å². The van der Waals surface area contributed by atoms with Crippen LogP contribution in [0.2, 0.25) is 5.02 Å². The van der Waals surface area contributed by atoms with Crippen LogP contribution in [0.4, 0.5) is 17.6 Å². The molecule has 65 valence electrons. The molecule has 0 aliphatic rings. The van der Waals surface area contributed by atoms with Crippen molar-refractivity contribution in [2.75, 3.05) is 0 Å². The number of benzene rings is 1. The Morgan fingerprint density at radius 3 is 2.25 bits per heavy atom. The molecule has 0 unspecified atom stereocenters. The number of rotatable bonds is 0. The smallest absolute Gasteiger partial charge is 0.205 e. The Morgan fingerprint density at radius 2 is 1.83 bits per heavy atom. The van der Waals surface area contributed by atoms with Gasteiger partial charge in [-0.2, -0.15) is 13.2 Å². The van der Waals surface area contributed by atoms with Gasteiger partial charge in [-0.1, -0.05) is 11.6 Å². The maximum Gasteiger partial charge on any atom is 0.417 e. The molecule has 0 amide bonds. The molecule has 0 atom stereocenters. The summed E-state index contributed by atoms with van der Waals surface area (Å²) < 4.78 is 48.3. The number of alkyl halides is 3. The topological polar surface area (TPSA) is 0 Å². The first-order valence-electron chi connectivity index (χ1n) is 2.85. The quantitative estimate of drug-likeness (QED) is 0.560. The van der Waals surface area contributed by atoms with Crippen LogP contribution in [-0.4, -0.2) is 0 Å². The van der Waals surface area contributed by atoms with Gasteiger partial charge < -0.3 is 0 Å². The second-order valence-corrected chi connectivity index (χ2v) is 2.41. The molecule has 0 nitrogen and oxygen atoms in total. The Labute approximate surface area is 70.8 Å².